The SMILES string of the molecule is Cc1ccccc1Nc1ncnc(NNC(=O)c2ccccc2)c1N. The number of hydrogen-bond donors (Lipinski definition) is 4. The topological polar surface area (TPSA) is 105 Å². The lowest BCUT2D eigenvalue weighted by atomic mass is 10.2. The van der Waals surface area contributed by atoms with E-state index in [-0.39, 0.29) is 5.91 Å². The molecule has 0 radical (unpaired) electrons. The molecule has 3 aromatic rings. The number of carbonyl (C=O) groups is 1. The minimum atomic E-state index is -0.285. The van der Waals surface area contributed by atoms with Crippen LogP contribution in [0, 0.1) is 6.92 Å². The highest BCUT2D eigenvalue weighted by Crippen LogP contribution is 2.26. The number of amides is 1. The molecule has 25 heavy (non-hydrogen) atoms. The Bertz CT molecular complexity index is 882. The molecule has 0 aliphatic rings. The largest absolute Gasteiger partial charge is 0.393 e. The van der Waals surface area contributed by atoms with E-state index in [0.29, 0.717) is 22.9 Å². The molecule has 7 heteroatoms. The number of benzene rings is 2. The fourth-order valence-corrected chi connectivity index (χ4v) is 2.21. The van der Waals surface area contributed by atoms with Gasteiger partial charge in [0.25, 0.3) is 5.91 Å². The average Bonchev–Trinajstić information content (AvgIpc) is 2.64. The van der Waals surface area contributed by atoms with Crippen molar-refractivity contribution in [3.05, 3.63) is 72.1 Å². The fourth-order valence-electron chi connectivity index (χ4n) is 2.21. The average molecular weight is 334 g/mol. The van der Waals surface area contributed by atoms with Gasteiger partial charge in [0.2, 0.25) is 0 Å². The van der Waals surface area contributed by atoms with Gasteiger partial charge in [-0.3, -0.25) is 15.6 Å². The Kier molecular flexibility index (Phi) is 4.75. The number of aromatic nitrogens is 2. The molecule has 1 aromatic heterocycles. The summed E-state index contributed by atoms with van der Waals surface area (Å²) in [6.07, 6.45) is 1.37. The molecule has 2 aromatic carbocycles. The Morgan fingerprint density at radius 3 is 2.40 bits per heavy atom. The van der Waals surface area contributed by atoms with E-state index in [9.17, 15) is 4.79 Å². The summed E-state index contributed by atoms with van der Waals surface area (Å²) in [5.41, 5.74) is 14.2. The van der Waals surface area contributed by atoms with E-state index in [1.54, 1.807) is 24.3 Å². The van der Waals surface area contributed by atoms with Crippen LogP contribution < -0.4 is 21.9 Å². The molecule has 1 heterocycles. The van der Waals surface area contributed by atoms with Gasteiger partial charge in [0.1, 0.15) is 12.0 Å². The predicted molar refractivity (Wildman–Crippen MR) is 98.4 cm³/mol. The fraction of sp³-hybridized carbons (Fsp3) is 0.0556. The van der Waals surface area contributed by atoms with Crippen LogP contribution in [0.1, 0.15) is 15.9 Å². The summed E-state index contributed by atoms with van der Waals surface area (Å²) in [7, 11) is 0. The number of nitrogens with one attached hydrogen (secondary N) is 3. The summed E-state index contributed by atoms with van der Waals surface area (Å²) in [4.78, 5) is 20.3. The number of rotatable bonds is 5. The third-order valence-electron chi connectivity index (χ3n) is 3.61. The van der Waals surface area contributed by atoms with Crippen LogP contribution in [0.3, 0.4) is 0 Å². The van der Waals surface area contributed by atoms with Crippen molar-refractivity contribution in [2.24, 2.45) is 0 Å². The third-order valence-corrected chi connectivity index (χ3v) is 3.61. The number of hydrazine groups is 1. The van der Waals surface area contributed by atoms with Crippen molar-refractivity contribution in [2.45, 2.75) is 6.92 Å². The zero-order valence-electron chi connectivity index (χ0n) is 13.7. The monoisotopic (exact) mass is 334 g/mol. The second kappa shape index (κ2) is 7.31. The summed E-state index contributed by atoms with van der Waals surface area (Å²) in [5.74, 6) is 0.489. The number of aryl methyl sites for hydroxylation is 1. The molecule has 3 rings (SSSR count). The number of nitrogen functional groups attached to an aromatic ring is 1. The van der Waals surface area contributed by atoms with Crippen LogP contribution in [-0.4, -0.2) is 15.9 Å². The van der Waals surface area contributed by atoms with Crippen LogP contribution in [0.2, 0.25) is 0 Å². The number of anilines is 4. The van der Waals surface area contributed by atoms with Gasteiger partial charge in [-0.1, -0.05) is 36.4 Å². The minimum absolute atomic E-state index is 0.285. The molecule has 1 amide bonds. The molecule has 5 N–H and O–H groups in total. The summed E-state index contributed by atoms with van der Waals surface area (Å²) < 4.78 is 0. The van der Waals surface area contributed by atoms with Crippen molar-refractivity contribution in [3.63, 3.8) is 0 Å². The normalized spacial score (nSPS) is 10.1. The van der Waals surface area contributed by atoms with E-state index in [1.807, 2.05) is 37.3 Å². The molecule has 0 bridgehead atoms. The molecule has 0 saturated heterocycles. The van der Waals surface area contributed by atoms with E-state index < -0.39 is 0 Å². The smallest absolute Gasteiger partial charge is 0.269 e. The lowest BCUT2D eigenvalue weighted by molar-refractivity contribution is 0.0962. The molecule has 0 fully saturated rings. The first kappa shape index (κ1) is 16.3. The van der Waals surface area contributed by atoms with Gasteiger partial charge >= 0.3 is 0 Å². The summed E-state index contributed by atoms with van der Waals surface area (Å²) in [6.45, 7) is 1.99. The Labute approximate surface area is 145 Å². The van der Waals surface area contributed by atoms with Gasteiger partial charge in [0.05, 0.1) is 0 Å². The van der Waals surface area contributed by atoms with E-state index in [1.165, 1.54) is 6.33 Å². The number of nitrogens with zero attached hydrogens (tertiary/aromatic N) is 2. The first-order valence-corrected chi connectivity index (χ1v) is 7.69. The van der Waals surface area contributed by atoms with Crippen LogP contribution in [0.15, 0.2) is 60.9 Å². The standard InChI is InChI=1S/C18H18N6O/c1-12-7-5-6-10-14(12)22-16-15(19)17(21-11-20-16)23-24-18(25)13-8-3-2-4-9-13/h2-11H,19H2,1H3,(H,24,25)(H2,20,21,22,23). The first-order valence-electron chi connectivity index (χ1n) is 7.69. The maximum absolute atomic E-state index is 12.1. The highest BCUT2D eigenvalue weighted by atomic mass is 16.2. The third kappa shape index (κ3) is 3.84. The Hall–Kier alpha value is -3.61. The lowest BCUT2D eigenvalue weighted by Gasteiger charge is -2.14. The van der Waals surface area contributed by atoms with Crippen molar-refractivity contribution >= 4 is 28.9 Å². The van der Waals surface area contributed by atoms with Gasteiger partial charge in [-0.05, 0) is 30.7 Å². The van der Waals surface area contributed by atoms with E-state index >= 15 is 0 Å². The lowest BCUT2D eigenvalue weighted by Crippen LogP contribution is -2.30. The van der Waals surface area contributed by atoms with E-state index in [2.05, 4.69) is 26.1 Å². The maximum atomic E-state index is 12.1. The van der Waals surface area contributed by atoms with Crippen molar-refractivity contribution < 1.29 is 4.79 Å². The summed E-state index contributed by atoms with van der Waals surface area (Å²) >= 11 is 0. The molecule has 7 nitrogen and oxygen atoms in total. The number of carbonyl (C=O) groups excluding carboxylic acids is 1. The van der Waals surface area contributed by atoms with Crippen molar-refractivity contribution in [1.29, 1.82) is 0 Å². The second-order valence-electron chi connectivity index (χ2n) is 5.37. The number of nitrogens with two attached hydrogens (primary N) is 1. The van der Waals surface area contributed by atoms with Gasteiger partial charge in [-0.25, -0.2) is 9.97 Å². The quantitative estimate of drug-likeness (QED) is 0.535. The Morgan fingerprint density at radius 1 is 0.960 bits per heavy atom. The molecular weight excluding hydrogens is 316 g/mol. The van der Waals surface area contributed by atoms with Gasteiger partial charge in [-0.2, -0.15) is 0 Å². The molecule has 0 aliphatic carbocycles. The van der Waals surface area contributed by atoms with Crippen molar-refractivity contribution in [3.8, 4) is 0 Å². The van der Waals surface area contributed by atoms with E-state index in [0.717, 1.165) is 11.3 Å². The molecule has 0 atom stereocenters. The van der Waals surface area contributed by atoms with Crippen molar-refractivity contribution in [2.75, 3.05) is 16.5 Å². The summed E-state index contributed by atoms with van der Waals surface area (Å²) in [6, 6.07) is 16.6. The number of hydrogen-bond acceptors (Lipinski definition) is 6. The minimum Gasteiger partial charge on any atom is -0.393 e. The van der Waals surface area contributed by atoms with Gasteiger partial charge in [0.15, 0.2) is 11.6 Å². The Morgan fingerprint density at radius 2 is 1.64 bits per heavy atom. The van der Waals surface area contributed by atoms with Gasteiger partial charge < -0.3 is 11.1 Å². The Balaban J connectivity index is 1.73. The second-order valence-corrected chi connectivity index (χ2v) is 5.37. The maximum Gasteiger partial charge on any atom is 0.269 e. The summed E-state index contributed by atoms with van der Waals surface area (Å²) in [5, 5.41) is 3.17. The van der Waals surface area contributed by atoms with Crippen LogP contribution in [0.25, 0.3) is 0 Å². The van der Waals surface area contributed by atoms with Crippen molar-refractivity contribution in [1.82, 2.24) is 15.4 Å². The van der Waals surface area contributed by atoms with Gasteiger partial charge in [0, 0.05) is 11.3 Å². The van der Waals surface area contributed by atoms with Crippen LogP contribution in [0.5, 0.6) is 0 Å². The van der Waals surface area contributed by atoms with Crippen LogP contribution in [0.4, 0.5) is 23.0 Å². The zero-order valence-corrected chi connectivity index (χ0v) is 13.7. The van der Waals surface area contributed by atoms with Crippen LogP contribution in [-0.2, 0) is 0 Å². The van der Waals surface area contributed by atoms with E-state index in [4.69, 9.17) is 5.73 Å². The molecule has 0 unspecified atom stereocenters. The zero-order chi connectivity index (χ0) is 17.6. The highest BCUT2D eigenvalue weighted by Gasteiger charge is 2.11. The molecular formula is C18H18N6O. The van der Waals surface area contributed by atoms with Crippen LogP contribution >= 0.6 is 0 Å². The predicted octanol–water partition coefficient (Wildman–Crippen LogP) is 2.87. The molecule has 0 aliphatic heterocycles. The highest BCUT2D eigenvalue weighted by molar-refractivity contribution is 5.95. The molecule has 0 saturated carbocycles. The number of para-hydroxylation sites is 1. The molecule has 0 spiro atoms. The first-order chi connectivity index (χ1) is 12.1. The van der Waals surface area contributed by atoms with Gasteiger partial charge in [-0.15, -0.1) is 0 Å². The molecule has 126 valence electrons.